The zero-order valence-corrected chi connectivity index (χ0v) is 10.6. The Morgan fingerprint density at radius 3 is 2.89 bits per heavy atom. The van der Waals surface area contributed by atoms with Gasteiger partial charge in [0.25, 0.3) is 0 Å². The minimum absolute atomic E-state index is 0.388. The summed E-state index contributed by atoms with van der Waals surface area (Å²) in [5.74, 6) is 1.26. The minimum atomic E-state index is 0.388. The molecule has 0 fully saturated rings. The Balaban J connectivity index is 1.97. The van der Waals surface area contributed by atoms with Gasteiger partial charge in [-0.25, -0.2) is 24.6 Å². The summed E-state index contributed by atoms with van der Waals surface area (Å²) < 4.78 is 3.78. The molecule has 98 valence electrons. The first-order valence-electron chi connectivity index (χ1n) is 6.07. The third kappa shape index (κ3) is 2.01. The van der Waals surface area contributed by atoms with Gasteiger partial charge in [-0.1, -0.05) is 6.92 Å². The van der Waals surface area contributed by atoms with Crippen LogP contribution in [0.25, 0.3) is 11.2 Å². The Kier molecular flexibility index (Phi) is 2.82. The monoisotopic (exact) mass is 258 g/mol. The average molecular weight is 258 g/mol. The quantitative estimate of drug-likeness (QED) is 0.729. The maximum absolute atomic E-state index is 5.76. The second-order valence-electron chi connectivity index (χ2n) is 4.20. The second-order valence-corrected chi connectivity index (χ2v) is 4.20. The van der Waals surface area contributed by atoms with Gasteiger partial charge in [0.2, 0.25) is 0 Å². The highest BCUT2D eigenvalue weighted by molar-refractivity contribution is 5.81. The molecule has 0 atom stereocenters. The van der Waals surface area contributed by atoms with Gasteiger partial charge in [0, 0.05) is 6.54 Å². The number of imidazole rings is 1. The standard InChI is InChI=1S/C11H14N8/c1-2-3-19-8(13-6-17-19)4-18-7-16-9-10(12)14-5-15-11(9)18/h5-7H,2-4H2,1H3,(H2,12,14,15). The first-order valence-corrected chi connectivity index (χ1v) is 6.07. The molecule has 0 spiro atoms. The molecule has 0 bridgehead atoms. The third-order valence-electron chi connectivity index (χ3n) is 2.87. The van der Waals surface area contributed by atoms with E-state index in [0.29, 0.717) is 23.5 Å². The lowest BCUT2D eigenvalue weighted by Crippen LogP contribution is -2.10. The van der Waals surface area contributed by atoms with Crippen molar-refractivity contribution in [3.63, 3.8) is 0 Å². The van der Waals surface area contributed by atoms with Crippen LogP contribution in [0.4, 0.5) is 5.82 Å². The minimum Gasteiger partial charge on any atom is -0.382 e. The highest BCUT2D eigenvalue weighted by Gasteiger charge is 2.10. The number of nitrogens with zero attached hydrogens (tertiary/aromatic N) is 7. The Bertz CT molecular complexity index is 698. The van der Waals surface area contributed by atoms with E-state index in [1.54, 1.807) is 12.7 Å². The summed E-state index contributed by atoms with van der Waals surface area (Å²) in [6.45, 7) is 3.51. The maximum atomic E-state index is 5.76. The third-order valence-corrected chi connectivity index (χ3v) is 2.87. The summed E-state index contributed by atoms with van der Waals surface area (Å²) in [6, 6.07) is 0. The maximum Gasteiger partial charge on any atom is 0.165 e. The van der Waals surface area contributed by atoms with Gasteiger partial charge in [0.15, 0.2) is 11.5 Å². The molecule has 0 radical (unpaired) electrons. The Labute approximate surface area is 109 Å². The van der Waals surface area contributed by atoms with Crippen molar-refractivity contribution >= 4 is 17.0 Å². The first kappa shape index (κ1) is 11.6. The highest BCUT2D eigenvalue weighted by atomic mass is 15.3. The zero-order valence-electron chi connectivity index (χ0n) is 10.6. The lowest BCUT2D eigenvalue weighted by atomic mass is 10.4. The molecule has 0 saturated carbocycles. The van der Waals surface area contributed by atoms with Gasteiger partial charge < -0.3 is 10.3 Å². The molecule has 0 amide bonds. The molecule has 3 heterocycles. The molecule has 0 aliphatic rings. The number of aromatic nitrogens is 7. The van der Waals surface area contributed by atoms with Crippen LogP contribution in [0.5, 0.6) is 0 Å². The van der Waals surface area contributed by atoms with Gasteiger partial charge in [-0.15, -0.1) is 0 Å². The number of anilines is 1. The van der Waals surface area contributed by atoms with Crippen LogP contribution in [0.15, 0.2) is 19.0 Å². The molecule has 3 aromatic rings. The van der Waals surface area contributed by atoms with E-state index in [-0.39, 0.29) is 0 Å². The van der Waals surface area contributed by atoms with Crippen LogP contribution >= 0.6 is 0 Å². The van der Waals surface area contributed by atoms with E-state index < -0.39 is 0 Å². The predicted octanol–water partition coefficient (Wildman–Crippen LogP) is 0.458. The summed E-state index contributed by atoms with van der Waals surface area (Å²) in [7, 11) is 0. The van der Waals surface area contributed by atoms with E-state index in [1.165, 1.54) is 6.33 Å². The fraction of sp³-hybridized carbons (Fsp3) is 0.364. The molecule has 3 rings (SSSR count). The molecule has 19 heavy (non-hydrogen) atoms. The number of hydrogen-bond acceptors (Lipinski definition) is 6. The van der Waals surface area contributed by atoms with E-state index in [2.05, 4.69) is 32.0 Å². The molecular formula is C11H14N8. The van der Waals surface area contributed by atoms with Crippen LogP contribution in [0, 0.1) is 0 Å². The number of nitrogens with two attached hydrogens (primary N) is 1. The fourth-order valence-electron chi connectivity index (χ4n) is 1.98. The van der Waals surface area contributed by atoms with Crippen LogP contribution in [0.1, 0.15) is 19.2 Å². The molecular weight excluding hydrogens is 244 g/mol. The van der Waals surface area contributed by atoms with Crippen molar-refractivity contribution in [2.24, 2.45) is 0 Å². The predicted molar refractivity (Wildman–Crippen MR) is 69.2 cm³/mol. The van der Waals surface area contributed by atoms with Crippen molar-refractivity contribution in [1.82, 2.24) is 34.3 Å². The Hall–Kier alpha value is -2.51. The van der Waals surface area contributed by atoms with Crippen molar-refractivity contribution in [3.05, 3.63) is 24.8 Å². The van der Waals surface area contributed by atoms with Gasteiger partial charge in [0.1, 0.15) is 24.0 Å². The van der Waals surface area contributed by atoms with E-state index in [9.17, 15) is 0 Å². The normalized spacial score (nSPS) is 11.2. The van der Waals surface area contributed by atoms with Gasteiger partial charge in [-0.3, -0.25) is 0 Å². The smallest absolute Gasteiger partial charge is 0.165 e. The van der Waals surface area contributed by atoms with Gasteiger partial charge in [-0.05, 0) is 6.42 Å². The van der Waals surface area contributed by atoms with E-state index >= 15 is 0 Å². The van der Waals surface area contributed by atoms with E-state index in [0.717, 1.165) is 18.8 Å². The number of hydrogen-bond donors (Lipinski definition) is 1. The number of fused-ring (bicyclic) bond motifs is 1. The van der Waals surface area contributed by atoms with Crippen LogP contribution in [0.2, 0.25) is 0 Å². The lowest BCUT2D eigenvalue weighted by molar-refractivity contribution is 0.556. The first-order chi connectivity index (χ1) is 9.29. The van der Waals surface area contributed by atoms with Crippen LogP contribution < -0.4 is 5.73 Å². The Morgan fingerprint density at radius 2 is 2.05 bits per heavy atom. The molecule has 0 aromatic carbocycles. The molecule has 3 aromatic heterocycles. The van der Waals surface area contributed by atoms with Crippen molar-refractivity contribution in [3.8, 4) is 0 Å². The van der Waals surface area contributed by atoms with Crippen LogP contribution in [-0.4, -0.2) is 34.3 Å². The van der Waals surface area contributed by atoms with Gasteiger partial charge in [-0.2, -0.15) is 5.10 Å². The topological polar surface area (TPSA) is 100 Å². The molecule has 0 aliphatic carbocycles. The van der Waals surface area contributed by atoms with Crippen molar-refractivity contribution in [2.75, 3.05) is 5.73 Å². The number of rotatable bonds is 4. The summed E-state index contributed by atoms with van der Waals surface area (Å²) in [5, 5.41) is 4.20. The van der Waals surface area contributed by atoms with Gasteiger partial charge >= 0.3 is 0 Å². The molecule has 8 nitrogen and oxygen atoms in total. The fourth-order valence-corrected chi connectivity index (χ4v) is 1.98. The number of aryl methyl sites for hydroxylation is 1. The zero-order chi connectivity index (χ0) is 13.2. The Morgan fingerprint density at radius 1 is 1.16 bits per heavy atom. The number of nitrogen functional groups attached to an aromatic ring is 1. The van der Waals surface area contributed by atoms with Crippen LogP contribution in [0.3, 0.4) is 0 Å². The molecule has 2 N–H and O–H groups in total. The molecule has 8 heteroatoms. The molecule has 0 aliphatic heterocycles. The summed E-state index contributed by atoms with van der Waals surface area (Å²) in [6.07, 6.45) is 5.71. The average Bonchev–Trinajstić information content (AvgIpc) is 3.00. The second kappa shape index (κ2) is 4.63. The van der Waals surface area contributed by atoms with Gasteiger partial charge in [0.05, 0.1) is 12.9 Å². The van der Waals surface area contributed by atoms with E-state index in [4.69, 9.17) is 5.73 Å². The largest absolute Gasteiger partial charge is 0.382 e. The molecule has 0 unspecified atom stereocenters. The summed E-state index contributed by atoms with van der Waals surface area (Å²) >= 11 is 0. The molecule has 0 saturated heterocycles. The SMILES string of the molecule is CCCn1ncnc1Cn1cnc2c(N)ncnc21. The van der Waals surface area contributed by atoms with Crippen molar-refractivity contribution in [2.45, 2.75) is 26.4 Å². The van der Waals surface area contributed by atoms with Crippen molar-refractivity contribution in [1.29, 1.82) is 0 Å². The van der Waals surface area contributed by atoms with Crippen molar-refractivity contribution < 1.29 is 0 Å². The highest BCUT2D eigenvalue weighted by Crippen LogP contribution is 2.15. The summed E-state index contributed by atoms with van der Waals surface area (Å²) in [5.41, 5.74) is 7.08. The summed E-state index contributed by atoms with van der Waals surface area (Å²) in [4.78, 5) is 16.6. The van der Waals surface area contributed by atoms with E-state index in [1.807, 2.05) is 9.25 Å². The van der Waals surface area contributed by atoms with Crippen LogP contribution in [-0.2, 0) is 13.1 Å². The lowest BCUT2D eigenvalue weighted by Gasteiger charge is -2.05.